The Kier molecular flexibility index (Phi) is 4.80. The van der Waals surface area contributed by atoms with Gasteiger partial charge in [-0.2, -0.15) is 4.21 Å². The van der Waals surface area contributed by atoms with Gasteiger partial charge in [-0.05, 0) is 34.7 Å². The van der Waals surface area contributed by atoms with Gasteiger partial charge < -0.3 is 4.74 Å². The molecule has 0 aliphatic carbocycles. The SMILES string of the molecule is O=C(COS(=O)O)Oc1c(I)ccc2cccnc12. The minimum atomic E-state index is -2.49. The van der Waals surface area contributed by atoms with Crippen molar-refractivity contribution < 1.29 is 22.5 Å². The molecule has 0 saturated carbocycles. The van der Waals surface area contributed by atoms with Crippen molar-refractivity contribution in [3.63, 3.8) is 0 Å². The van der Waals surface area contributed by atoms with Crippen molar-refractivity contribution in [1.29, 1.82) is 0 Å². The van der Waals surface area contributed by atoms with Gasteiger partial charge in [-0.3, -0.25) is 13.7 Å². The molecule has 0 spiro atoms. The Morgan fingerprint density at radius 3 is 2.95 bits per heavy atom. The summed E-state index contributed by atoms with van der Waals surface area (Å²) in [4.78, 5) is 15.6. The lowest BCUT2D eigenvalue weighted by Crippen LogP contribution is -2.17. The van der Waals surface area contributed by atoms with Gasteiger partial charge in [0.15, 0.2) is 12.4 Å². The molecule has 1 N–H and O–H groups in total. The van der Waals surface area contributed by atoms with Crippen molar-refractivity contribution in [1.82, 2.24) is 4.98 Å². The van der Waals surface area contributed by atoms with Crippen LogP contribution in [0.1, 0.15) is 0 Å². The molecule has 6 nitrogen and oxygen atoms in total. The molecule has 1 aromatic carbocycles. The number of rotatable bonds is 4. The van der Waals surface area contributed by atoms with Gasteiger partial charge >= 0.3 is 17.3 Å². The second-order valence-electron chi connectivity index (χ2n) is 3.41. The highest BCUT2D eigenvalue weighted by Crippen LogP contribution is 2.29. The first-order chi connectivity index (χ1) is 9.08. The number of carbonyl (C=O) groups excluding carboxylic acids is 1. The summed E-state index contributed by atoms with van der Waals surface area (Å²) in [5.74, 6) is -0.450. The molecule has 8 heteroatoms. The van der Waals surface area contributed by atoms with E-state index in [9.17, 15) is 9.00 Å². The van der Waals surface area contributed by atoms with Crippen LogP contribution in [0.4, 0.5) is 0 Å². The summed E-state index contributed by atoms with van der Waals surface area (Å²) >= 11 is -0.479. The predicted octanol–water partition coefficient (Wildman–Crippen LogP) is 1.90. The Morgan fingerprint density at radius 1 is 1.42 bits per heavy atom. The second-order valence-corrected chi connectivity index (χ2v) is 5.24. The second kappa shape index (κ2) is 6.37. The molecule has 1 unspecified atom stereocenters. The quantitative estimate of drug-likeness (QED) is 0.370. The summed E-state index contributed by atoms with van der Waals surface area (Å²) in [5.41, 5.74) is 0.549. The topological polar surface area (TPSA) is 85.7 Å². The molecule has 1 atom stereocenters. The Morgan fingerprint density at radius 2 is 2.21 bits per heavy atom. The first-order valence-corrected chi connectivity index (χ1v) is 7.17. The van der Waals surface area contributed by atoms with E-state index in [0.717, 1.165) is 5.39 Å². The maximum Gasteiger partial charge on any atom is 0.339 e. The molecule has 0 radical (unpaired) electrons. The van der Waals surface area contributed by atoms with Gasteiger partial charge in [0.2, 0.25) is 0 Å². The van der Waals surface area contributed by atoms with Crippen LogP contribution in [-0.4, -0.2) is 26.3 Å². The number of hydrogen-bond donors (Lipinski definition) is 1. The van der Waals surface area contributed by atoms with Crippen LogP contribution in [0.5, 0.6) is 5.75 Å². The molecule has 1 aromatic heterocycles. The summed E-state index contributed by atoms with van der Waals surface area (Å²) in [7, 11) is 0. The fraction of sp³-hybridized carbons (Fsp3) is 0.0909. The van der Waals surface area contributed by atoms with Gasteiger partial charge in [-0.15, -0.1) is 0 Å². The van der Waals surface area contributed by atoms with Gasteiger partial charge in [0.25, 0.3) is 0 Å². The maximum absolute atomic E-state index is 11.5. The van der Waals surface area contributed by atoms with Gasteiger partial charge in [0.05, 0.1) is 3.57 Å². The highest BCUT2D eigenvalue weighted by molar-refractivity contribution is 14.1. The molecule has 19 heavy (non-hydrogen) atoms. The van der Waals surface area contributed by atoms with Crippen molar-refractivity contribution in [2.24, 2.45) is 0 Å². The minimum Gasteiger partial charge on any atom is -0.421 e. The number of ether oxygens (including phenoxy) is 1. The van der Waals surface area contributed by atoms with Crippen molar-refractivity contribution in [2.75, 3.05) is 6.61 Å². The largest absolute Gasteiger partial charge is 0.421 e. The molecule has 0 amide bonds. The molecule has 100 valence electrons. The number of aromatic nitrogens is 1. The maximum atomic E-state index is 11.5. The predicted molar refractivity (Wildman–Crippen MR) is 76.8 cm³/mol. The van der Waals surface area contributed by atoms with Crippen molar-refractivity contribution in [3.05, 3.63) is 34.0 Å². The third-order valence-corrected chi connectivity index (χ3v) is 3.34. The zero-order valence-electron chi connectivity index (χ0n) is 9.41. The van der Waals surface area contributed by atoms with Crippen LogP contribution in [0.2, 0.25) is 0 Å². The Labute approximate surface area is 124 Å². The van der Waals surface area contributed by atoms with E-state index in [1.54, 1.807) is 18.3 Å². The number of halogens is 1. The molecule has 2 aromatic rings. The van der Waals surface area contributed by atoms with Gasteiger partial charge in [0, 0.05) is 11.6 Å². The van der Waals surface area contributed by atoms with E-state index < -0.39 is 23.9 Å². The fourth-order valence-electron chi connectivity index (χ4n) is 1.43. The van der Waals surface area contributed by atoms with Gasteiger partial charge in [-0.1, -0.05) is 12.1 Å². The van der Waals surface area contributed by atoms with E-state index in [-0.39, 0.29) is 0 Å². The minimum absolute atomic E-state index is 0.316. The zero-order valence-corrected chi connectivity index (χ0v) is 12.4. The molecule has 0 fully saturated rings. The average molecular weight is 393 g/mol. The number of benzene rings is 1. The third kappa shape index (κ3) is 3.69. The molecular weight excluding hydrogens is 385 g/mol. The molecular formula is C11H8INO5S. The van der Waals surface area contributed by atoms with E-state index in [2.05, 4.69) is 9.17 Å². The zero-order chi connectivity index (χ0) is 13.8. The molecule has 2 rings (SSSR count). The van der Waals surface area contributed by atoms with Crippen LogP contribution in [0.3, 0.4) is 0 Å². The Balaban J connectivity index is 2.26. The van der Waals surface area contributed by atoms with Crippen molar-refractivity contribution in [3.8, 4) is 5.75 Å². The molecule has 0 saturated heterocycles. The third-order valence-electron chi connectivity index (χ3n) is 2.17. The van der Waals surface area contributed by atoms with E-state index >= 15 is 0 Å². The molecule has 0 bridgehead atoms. The van der Waals surface area contributed by atoms with E-state index in [0.29, 0.717) is 14.8 Å². The molecule has 0 aliphatic rings. The Bertz CT molecular complexity index is 648. The van der Waals surface area contributed by atoms with E-state index in [1.807, 2.05) is 34.7 Å². The monoisotopic (exact) mass is 393 g/mol. The Hall–Kier alpha value is -1.10. The summed E-state index contributed by atoms with van der Waals surface area (Å²) in [5, 5.41) is 0.831. The van der Waals surface area contributed by atoms with Gasteiger partial charge in [0.1, 0.15) is 5.52 Å². The summed E-state index contributed by atoms with van der Waals surface area (Å²) in [6.45, 7) is -0.609. The van der Waals surface area contributed by atoms with Crippen molar-refractivity contribution in [2.45, 2.75) is 0 Å². The number of pyridine rings is 1. The fourth-order valence-corrected chi connectivity index (χ4v) is 2.17. The molecule has 1 heterocycles. The number of esters is 1. The first kappa shape index (κ1) is 14.3. The lowest BCUT2D eigenvalue weighted by Gasteiger charge is -2.08. The van der Waals surface area contributed by atoms with Crippen LogP contribution in [-0.2, 0) is 20.3 Å². The van der Waals surface area contributed by atoms with Crippen molar-refractivity contribution >= 4 is 50.8 Å². The van der Waals surface area contributed by atoms with E-state index in [4.69, 9.17) is 9.29 Å². The smallest absolute Gasteiger partial charge is 0.339 e. The first-order valence-electron chi connectivity index (χ1n) is 5.06. The number of fused-ring (bicyclic) bond motifs is 1. The number of hydrogen-bond acceptors (Lipinski definition) is 5. The van der Waals surface area contributed by atoms with Crippen LogP contribution in [0.25, 0.3) is 10.9 Å². The standard InChI is InChI=1S/C11H8INO5S/c12-8-4-3-7-2-1-5-13-10(7)11(8)18-9(14)6-17-19(15)16/h1-5H,6H2,(H,15,16). The summed E-state index contributed by atoms with van der Waals surface area (Å²) < 4.78 is 28.8. The van der Waals surface area contributed by atoms with Crippen LogP contribution >= 0.6 is 22.6 Å². The lowest BCUT2D eigenvalue weighted by molar-refractivity contribution is -0.136. The summed E-state index contributed by atoms with van der Waals surface area (Å²) in [6, 6.07) is 7.27. The summed E-state index contributed by atoms with van der Waals surface area (Å²) in [6.07, 6.45) is 1.59. The van der Waals surface area contributed by atoms with Crippen LogP contribution in [0, 0.1) is 3.57 Å². The highest BCUT2D eigenvalue weighted by atomic mass is 127. The van der Waals surface area contributed by atoms with E-state index in [1.165, 1.54) is 0 Å². The van der Waals surface area contributed by atoms with Gasteiger partial charge in [-0.25, -0.2) is 4.79 Å². The highest BCUT2D eigenvalue weighted by Gasteiger charge is 2.14. The van der Waals surface area contributed by atoms with Crippen LogP contribution in [0.15, 0.2) is 30.5 Å². The lowest BCUT2D eigenvalue weighted by atomic mass is 10.2. The molecule has 0 aliphatic heterocycles. The van der Waals surface area contributed by atoms with Crippen LogP contribution < -0.4 is 4.74 Å². The average Bonchev–Trinajstić information content (AvgIpc) is 2.40. The normalized spacial score (nSPS) is 12.3. The number of nitrogens with zero attached hydrogens (tertiary/aromatic N) is 1. The number of carbonyl (C=O) groups is 1.